The van der Waals surface area contributed by atoms with Crippen LogP contribution in [0, 0.1) is 0 Å². The van der Waals surface area contributed by atoms with E-state index in [9.17, 15) is 20.1 Å². The molecule has 3 fully saturated rings. The fourth-order valence-corrected chi connectivity index (χ4v) is 4.31. The Morgan fingerprint density at radius 2 is 1.96 bits per heavy atom. The second-order valence-electron chi connectivity index (χ2n) is 7.20. The largest absolute Gasteiger partial charge is 0.394 e. The molecule has 4 heterocycles. The molecule has 9 heteroatoms. The van der Waals surface area contributed by atoms with Crippen molar-refractivity contribution in [1.29, 1.82) is 0 Å². The minimum atomic E-state index is -1.16. The van der Waals surface area contributed by atoms with Gasteiger partial charge in [0.25, 0.3) is 0 Å². The van der Waals surface area contributed by atoms with Gasteiger partial charge in [-0.3, -0.25) is 4.79 Å². The number of guanidine groups is 1. The van der Waals surface area contributed by atoms with Gasteiger partial charge in [0.2, 0.25) is 5.91 Å². The lowest BCUT2D eigenvalue weighted by molar-refractivity contribution is -0.127. The van der Waals surface area contributed by atoms with E-state index >= 15 is 0 Å². The van der Waals surface area contributed by atoms with Crippen molar-refractivity contribution in [2.45, 2.75) is 62.3 Å². The molecule has 1 amide bonds. The van der Waals surface area contributed by atoms with Crippen molar-refractivity contribution in [3.05, 3.63) is 0 Å². The zero-order valence-corrected chi connectivity index (χ0v) is 14.1. The summed E-state index contributed by atoms with van der Waals surface area (Å²) >= 11 is 0. The Morgan fingerprint density at radius 3 is 2.64 bits per heavy atom. The van der Waals surface area contributed by atoms with Crippen LogP contribution in [0.4, 0.5) is 0 Å². The summed E-state index contributed by atoms with van der Waals surface area (Å²) in [6.45, 7) is 1.89. The Kier molecular flexibility index (Phi) is 4.57. The maximum Gasteiger partial charge on any atom is 0.247 e. The summed E-state index contributed by atoms with van der Waals surface area (Å²) in [6, 6.07) is -0.721. The first kappa shape index (κ1) is 17.0. The van der Waals surface area contributed by atoms with Gasteiger partial charge in [0, 0.05) is 19.6 Å². The molecule has 4 aliphatic heterocycles. The highest BCUT2D eigenvalue weighted by Crippen LogP contribution is 2.34. The Morgan fingerprint density at radius 1 is 1.20 bits per heavy atom. The van der Waals surface area contributed by atoms with Crippen LogP contribution in [0.2, 0.25) is 0 Å². The minimum absolute atomic E-state index is 0.111. The second-order valence-corrected chi connectivity index (χ2v) is 7.20. The highest BCUT2D eigenvalue weighted by atomic mass is 16.6. The molecule has 4 rings (SSSR count). The summed E-state index contributed by atoms with van der Waals surface area (Å²) in [5.41, 5.74) is 0. The third-order valence-corrected chi connectivity index (χ3v) is 5.65. The van der Waals surface area contributed by atoms with Gasteiger partial charge in [0.1, 0.15) is 18.3 Å². The number of carbonyl (C=O) groups excluding carboxylic acids is 1. The van der Waals surface area contributed by atoms with Crippen molar-refractivity contribution in [2.24, 2.45) is 4.99 Å². The number of aliphatic imine (C=N–C) groups is 1. The van der Waals surface area contributed by atoms with Crippen LogP contribution in [0.15, 0.2) is 4.99 Å². The van der Waals surface area contributed by atoms with Gasteiger partial charge in [-0.15, -0.1) is 0 Å². The molecule has 25 heavy (non-hydrogen) atoms. The molecule has 0 aromatic rings. The van der Waals surface area contributed by atoms with Crippen LogP contribution in [0.1, 0.15) is 25.7 Å². The Hall–Kier alpha value is -1.42. The molecule has 4 N–H and O–H groups in total. The fourth-order valence-electron chi connectivity index (χ4n) is 4.31. The van der Waals surface area contributed by atoms with E-state index in [1.165, 1.54) is 6.42 Å². The minimum Gasteiger partial charge on any atom is -0.394 e. The predicted molar refractivity (Wildman–Crippen MR) is 87.7 cm³/mol. The third kappa shape index (κ3) is 2.79. The van der Waals surface area contributed by atoms with E-state index in [1.807, 2.05) is 4.90 Å². The number of nitrogens with one attached hydrogen (secondary N) is 1. The number of ether oxygens (including phenoxy) is 1. The zero-order valence-electron chi connectivity index (χ0n) is 14.1. The van der Waals surface area contributed by atoms with Gasteiger partial charge in [0.15, 0.2) is 18.2 Å². The maximum absolute atomic E-state index is 12.3. The summed E-state index contributed by atoms with van der Waals surface area (Å²) in [4.78, 5) is 21.0. The van der Waals surface area contributed by atoms with E-state index < -0.39 is 30.6 Å². The van der Waals surface area contributed by atoms with E-state index in [0.717, 1.165) is 25.9 Å². The zero-order chi connectivity index (χ0) is 17.6. The maximum atomic E-state index is 12.3. The predicted octanol–water partition coefficient (Wildman–Crippen LogP) is -2.16. The number of rotatable bonds is 2. The van der Waals surface area contributed by atoms with E-state index in [2.05, 4.69) is 15.2 Å². The van der Waals surface area contributed by atoms with E-state index in [4.69, 9.17) is 4.74 Å². The van der Waals surface area contributed by atoms with Crippen molar-refractivity contribution in [3.8, 4) is 0 Å². The first-order chi connectivity index (χ1) is 12.1. The number of aliphatic hydroxyl groups excluding tert-OH is 3. The van der Waals surface area contributed by atoms with Crippen molar-refractivity contribution in [3.63, 3.8) is 0 Å². The lowest BCUT2D eigenvalue weighted by Crippen LogP contribution is -2.59. The molecule has 0 unspecified atom stereocenters. The van der Waals surface area contributed by atoms with E-state index in [-0.39, 0.29) is 18.6 Å². The summed E-state index contributed by atoms with van der Waals surface area (Å²) in [5.74, 6) is 0.557. The van der Waals surface area contributed by atoms with Crippen LogP contribution in [0.5, 0.6) is 0 Å². The SMILES string of the molecule is O=C1NCC[C@@H]2[C@@H]1N=C(N1CCCCC1)N2[C@@H]1O[C@H](CO)[C@@H](O)[C@H]1O. The molecule has 0 spiro atoms. The van der Waals surface area contributed by atoms with Crippen LogP contribution in [0.3, 0.4) is 0 Å². The van der Waals surface area contributed by atoms with Crippen LogP contribution in [-0.2, 0) is 9.53 Å². The number of carbonyl (C=O) groups is 1. The van der Waals surface area contributed by atoms with Crippen molar-refractivity contribution in [1.82, 2.24) is 15.1 Å². The van der Waals surface area contributed by atoms with Gasteiger partial charge < -0.3 is 35.2 Å². The van der Waals surface area contributed by atoms with Gasteiger partial charge in [-0.2, -0.15) is 0 Å². The Balaban J connectivity index is 1.65. The van der Waals surface area contributed by atoms with Gasteiger partial charge in [-0.05, 0) is 25.7 Å². The van der Waals surface area contributed by atoms with Gasteiger partial charge in [-0.1, -0.05) is 0 Å². The fraction of sp³-hybridized carbons (Fsp3) is 0.875. The number of amides is 1. The lowest BCUT2D eigenvalue weighted by atomic mass is 9.99. The number of aliphatic hydroxyl groups is 3. The van der Waals surface area contributed by atoms with Gasteiger partial charge in [-0.25, -0.2) is 4.99 Å². The summed E-state index contributed by atoms with van der Waals surface area (Å²) < 4.78 is 5.76. The number of nitrogens with zero attached hydrogens (tertiary/aromatic N) is 3. The average Bonchev–Trinajstić information content (AvgIpc) is 3.15. The van der Waals surface area contributed by atoms with Crippen LogP contribution in [-0.4, -0.2) is 99.9 Å². The summed E-state index contributed by atoms with van der Waals surface area (Å²) in [5, 5.41) is 32.9. The number of likely N-dealkylation sites (tertiary alicyclic amines) is 1. The average molecular weight is 354 g/mol. The van der Waals surface area contributed by atoms with Crippen molar-refractivity contribution < 1.29 is 24.9 Å². The molecule has 0 aliphatic carbocycles. The lowest BCUT2D eigenvalue weighted by Gasteiger charge is -2.41. The molecular weight excluding hydrogens is 328 g/mol. The molecule has 4 aliphatic rings. The molecule has 0 aromatic heterocycles. The number of hydrogen-bond donors (Lipinski definition) is 4. The molecule has 0 aromatic carbocycles. The van der Waals surface area contributed by atoms with Crippen LogP contribution >= 0.6 is 0 Å². The molecule has 9 nitrogen and oxygen atoms in total. The standard InChI is InChI=1S/C16H26N4O5/c21-8-10-12(22)13(23)15(25-10)20-9-4-5-17-14(24)11(9)18-16(20)19-6-2-1-3-7-19/h9-13,15,21-23H,1-8H2,(H,17,24)/t9-,10-,11+,12-,13-,15-/m1/s1. The summed E-state index contributed by atoms with van der Waals surface area (Å²) in [7, 11) is 0. The first-order valence-corrected chi connectivity index (χ1v) is 9.13. The van der Waals surface area contributed by atoms with E-state index in [1.54, 1.807) is 0 Å². The van der Waals surface area contributed by atoms with Crippen LogP contribution < -0.4 is 5.32 Å². The van der Waals surface area contributed by atoms with Crippen molar-refractivity contribution in [2.75, 3.05) is 26.2 Å². The highest BCUT2D eigenvalue weighted by Gasteiger charge is 2.53. The third-order valence-electron chi connectivity index (χ3n) is 5.65. The van der Waals surface area contributed by atoms with Crippen LogP contribution in [0.25, 0.3) is 0 Å². The molecule has 140 valence electrons. The van der Waals surface area contributed by atoms with Crippen molar-refractivity contribution >= 4 is 11.9 Å². The summed E-state index contributed by atoms with van der Waals surface area (Å²) in [6.07, 6.45) is 0.0291. The number of hydrogen-bond acceptors (Lipinski definition) is 8. The Bertz CT molecular complexity index is 553. The quantitative estimate of drug-likeness (QED) is 0.446. The monoisotopic (exact) mass is 354 g/mol. The highest BCUT2D eigenvalue weighted by molar-refractivity contribution is 5.92. The molecular formula is C16H26N4O5. The molecule has 0 bridgehead atoms. The molecule has 0 radical (unpaired) electrons. The second kappa shape index (κ2) is 6.71. The smallest absolute Gasteiger partial charge is 0.247 e. The first-order valence-electron chi connectivity index (χ1n) is 9.13. The molecule has 0 saturated carbocycles. The number of piperidine rings is 2. The normalized spacial score (nSPS) is 41.6. The van der Waals surface area contributed by atoms with E-state index in [0.29, 0.717) is 18.9 Å². The molecule has 3 saturated heterocycles. The number of fused-ring (bicyclic) bond motifs is 1. The topological polar surface area (TPSA) is 118 Å². The Labute approximate surface area is 146 Å². The van der Waals surface area contributed by atoms with Gasteiger partial charge >= 0.3 is 0 Å². The molecule has 6 atom stereocenters. The van der Waals surface area contributed by atoms with Gasteiger partial charge in [0.05, 0.1) is 12.6 Å².